The number of para-hydroxylation sites is 1. The van der Waals surface area contributed by atoms with Crippen molar-refractivity contribution in [2.75, 3.05) is 19.8 Å². The van der Waals surface area contributed by atoms with Gasteiger partial charge in [0.05, 0.1) is 12.2 Å². The fourth-order valence-corrected chi connectivity index (χ4v) is 2.76. The van der Waals surface area contributed by atoms with Crippen molar-refractivity contribution in [2.45, 2.75) is 40.0 Å². The van der Waals surface area contributed by atoms with Crippen LogP contribution in [-0.2, 0) is 5.41 Å². The summed E-state index contributed by atoms with van der Waals surface area (Å²) in [5, 5.41) is 9.11. The van der Waals surface area contributed by atoms with Crippen molar-refractivity contribution in [3.63, 3.8) is 0 Å². The number of ether oxygens (including phenoxy) is 3. The molecule has 5 nitrogen and oxygen atoms in total. The van der Waals surface area contributed by atoms with Crippen LogP contribution < -0.4 is 14.2 Å². The van der Waals surface area contributed by atoms with Gasteiger partial charge in [0.2, 0.25) is 0 Å². The van der Waals surface area contributed by atoms with Gasteiger partial charge >= 0.3 is 5.97 Å². The quantitative estimate of drug-likeness (QED) is 0.671. The van der Waals surface area contributed by atoms with E-state index in [1.807, 2.05) is 26.0 Å². The Bertz CT molecular complexity index is 790. The van der Waals surface area contributed by atoms with E-state index in [-0.39, 0.29) is 11.0 Å². The van der Waals surface area contributed by atoms with Crippen LogP contribution in [-0.4, -0.2) is 30.9 Å². The zero-order valence-corrected chi connectivity index (χ0v) is 16.7. The summed E-state index contributed by atoms with van der Waals surface area (Å²) in [5.74, 6) is 0.815. The smallest absolute Gasteiger partial charge is 0.335 e. The lowest BCUT2D eigenvalue weighted by atomic mass is 9.85. The van der Waals surface area contributed by atoms with Gasteiger partial charge in [-0.3, -0.25) is 0 Å². The number of aromatic carboxylic acids is 1. The third-order valence-corrected chi connectivity index (χ3v) is 4.10. The van der Waals surface area contributed by atoms with Gasteiger partial charge in [0.25, 0.3) is 0 Å². The van der Waals surface area contributed by atoms with Gasteiger partial charge in [0, 0.05) is 0 Å². The van der Waals surface area contributed by atoms with Crippen LogP contribution in [0.5, 0.6) is 17.2 Å². The maximum atomic E-state index is 11.1. The summed E-state index contributed by atoms with van der Waals surface area (Å²) in [4.78, 5) is 11.1. The first kappa shape index (κ1) is 20.6. The zero-order valence-electron chi connectivity index (χ0n) is 16.7. The highest BCUT2D eigenvalue weighted by Gasteiger charge is 2.20. The minimum absolute atomic E-state index is 0.0169. The molecule has 2 aromatic rings. The van der Waals surface area contributed by atoms with Gasteiger partial charge in [0.1, 0.15) is 19.0 Å². The van der Waals surface area contributed by atoms with Gasteiger partial charge in [-0.15, -0.1) is 0 Å². The van der Waals surface area contributed by atoms with E-state index in [9.17, 15) is 4.79 Å². The Kier molecular flexibility index (Phi) is 6.72. The standard InChI is InChI=1S/C22H28O5/c1-6-25-19-14-16(21(23)24)10-11-18(19)26-12-13-27-20-15(2)8-7-9-17(20)22(3,4)5/h7-11,14H,6,12-13H2,1-5H3,(H,23,24). The van der Waals surface area contributed by atoms with Crippen LogP contribution in [0.15, 0.2) is 36.4 Å². The molecule has 0 spiro atoms. The van der Waals surface area contributed by atoms with Gasteiger partial charge in [0.15, 0.2) is 11.5 Å². The Morgan fingerprint density at radius 1 is 1.00 bits per heavy atom. The molecule has 0 aliphatic rings. The number of rotatable bonds is 8. The third-order valence-electron chi connectivity index (χ3n) is 4.10. The van der Waals surface area contributed by atoms with E-state index in [1.165, 1.54) is 12.1 Å². The van der Waals surface area contributed by atoms with Crippen LogP contribution in [0.1, 0.15) is 49.2 Å². The molecule has 2 rings (SSSR count). The lowest BCUT2D eigenvalue weighted by Crippen LogP contribution is -2.17. The van der Waals surface area contributed by atoms with E-state index >= 15 is 0 Å². The van der Waals surface area contributed by atoms with Crippen molar-refractivity contribution >= 4 is 5.97 Å². The molecule has 0 aliphatic heterocycles. The molecule has 2 aromatic carbocycles. The van der Waals surface area contributed by atoms with Crippen molar-refractivity contribution in [1.82, 2.24) is 0 Å². The Morgan fingerprint density at radius 2 is 1.70 bits per heavy atom. The number of carboxylic acid groups (broad SMARTS) is 1. The summed E-state index contributed by atoms with van der Waals surface area (Å²) < 4.78 is 17.3. The minimum Gasteiger partial charge on any atom is -0.490 e. The lowest BCUT2D eigenvalue weighted by Gasteiger charge is -2.24. The molecule has 0 fully saturated rings. The SMILES string of the molecule is CCOc1cc(C(=O)O)ccc1OCCOc1c(C)cccc1C(C)(C)C. The van der Waals surface area contributed by atoms with Crippen LogP contribution >= 0.6 is 0 Å². The Labute approximate surface area is 160 Å². The zero-order chi connectivity index (χ0) is 20.0. The highest BCUT2D eigenvalue weighted by molar-refractivity contribution is 5.88. The average Bonchev–Trinajstić information content (AvgIpc) is 2.59. The molecule has 0 aliphatic carbocycles. The molecule has 1 N–H and O–H groups in total. The molecular formula is C22H28O5. The van der Waals surface area contributed by atoms with E-state index in [0.29, 0.717) is 31.3 Å². The molecule has 0 saturated heterocycles. The monoisotopic (exact) mass is 372 g/mol. The first-order chi connectivity index (χ1) is 12.7. The number of hydrogen-bond donors (Lipinski definition) is 1. The van der Waals surface area contributed by atoms with Gasteiger partial charge in [-0.1, -0.05) is 39.0 Å². The highest BCUT2D eigenvalue weighted by Crippen LogP contribution is 2.34. The molecule has 0 saturated carbocycles. The first-order valence-corrected chi connectivity index (χ1v) is 9.10. The van der Waals surface area contributed by atoms with E-state index in [0.717, 1.165) is 16.9 Å². The summed E-state index contributed by atoms with van der Waals surface area (Å²) in [7, 11) is 0. The molecule has 5 heteroatoms. The van der Waals surface area contributed by atoms with Crippen LogP contribution in [0.3, 0.4) is 0 Å². The van der Waals surface area contributed by atoms with Crippen molar-refractivity contribution in [1.29, 1.82) is 0 Å². The Hall–Kier alpha value is -2.69. The predicted molar refractivity (Wildman–Crippen MR) is 105 cm³/mol. The Morgan fingerprint density at radius 3 is 2.33 bits per heavy atom. The molecule has 0 amide bonds. The lowest BCUT2D eigenvalue weighted by molar-refractivity contribution is 0.0696. The molecule has 0 unspecified atom stereocenters. The average molecular weight is 372 g/mol. The molecule has 0 aromatic heterocycles. The van der Waals surface area contributed by atoms with E-state index < -0.39 is 5.97 Å². The largest absolute Gasteiger partial charge is 0.490 e. The molecule has 27 heavy (non-hydrogen) atoms. The Balaban J connectivity index is 2.05. The maximum Gasteiger partial charge on any atom is 0.335 e. The number of carboxylic acids is 1. The topological polar surface area (TPSA) is 65.0 Å². The molecule has 146 valence electrons. The van der Waals surface area contributed by atoms with Crippen molar-refractivity contribution in [2.24, 2.45) is 0 Å². The maximum absolute atomic E-state index is 11.1. The van der Waals surface area contributed by atoms with Crippen molar-refractivity contribution < 1.29 is 24.1 Å². The van der Waals surface area contributed by atoms with E-state index in [4.69, 9.17) is 19.3 Å². The van der Waals surface area contributed by atoms with Crippen molar-refractivity contribution in [3.05, 3.63) is 53.1 Å². The molecule has 0 atom stereocenters. The first-order valence-electron chi connectivity index (χ1n) is 9.10. The van der Waals surface area contributed by atoms with Gasteiger partial charge < -0.3 is 19.3 Å². The van der Waals surface area contributed by atoms with Crippen LogP contribution in [0, 0.1) is 6.92 Å². The number of carbonyl (C=O) groups is 1. The fraction of sp³-hybridized carbons (Fsp3) is 0.409. The van der Waals surface area contributed by atoms with Crippen molar-refractivity contribution in [3.8, 4) is 17.2 Å². The molecule has 0 bridgehead atoms. The summed E-state index contributed by atoms with van der Waals surface area (Å²) in [6, 6.07) is 10.7. The number of aryl methyl sites for hydroxylation is 1. The normalized spacial score (nSPS) is 11.1. The van der Waals surface area contributed by atoms with Gasteiger partial charge in [-0.25, -0.2) is 4.79 Å². The van der Waals surface area contributed by atoms with Gasteiger partial charge in [-0.2, -0.15) is 0 Å². The van der Waals surface area contributed by atoms with Crippen LogP contribution in [0.25, 0.3) is 0 Å². The van der Waals surface area contributed by atoms with Crippen LogP contribution in [0.4, 0.5) is 0 Å². The van der Waals surface area contributed by atoms with Crippen LogP contribution in [0.2, 0.25) is 0 Å². The second-order valence-electron chi connectivity index (χ2n) is 7.30. The van der Waals surface area contributed by atoms with Gasteiger partial charge in [-0.05, 0) is 48.6 Å². The summed E-state index contributed by atoms with van der Waals surface area (Å²) in [6.45, 7) is 11.5. The number of benzene rings is 2. The second-order valence-corrected chi connectivity index (χ2v) is 7.30. The van der Waals surface area contributed by atoms with E-state index in [2.05, 4.69) is 26.8 Å². The summed E-state index contributed by atoms with van der Waals surface area (Å²) in [6.07, 6.45) is 0. The summed E-state index contributed by atoms with van der Waals surface area (Å²) in [5.41, 5.74) is 2.39. The molecule has 0 heterocycles. The highest BCUT2D eigenvalue weighted by atomic mass is 16.5. The second kappa shape index (κ2) is 8.80. The molecule has 0 radical (unpaired) electrons. The fourth-order valence-electron chi connectivity index (χ4n) is 2.76. The number of hydrogen-bond acceptors (Lipinski definition) is 4. The molecular weight excluding hydrogens is 344 g/mol. The van der Waals surface area contributed by atoms with E-state index in [1.54, 1.807) is 6.07 Å². The summed E-state index contributed by atoms with van der Waals surface area (Å²) >= 11 is 0. The third kappa shape index (κ3) is 5.39. The predicted octanol–water partition coefficient (Wildman–Crippen LogP) is 4.85. The minimum atomic E-state index is -1.000.